The van der Waals surface area contributed by atoms with Gasteiger partial charge in [0.15, 0.2) is 6.61 Å². The van der Waals surface area contributed by atoms with Crippen molar-refractivity contribution in [3.8, 4) is 21.9 Å². The third-order valence-corrected chi connectivity index (χ3v) is 6.68. The Kier molecular flexibility index (Phi) is 8.81. The number of hydrogen-bond acceptors (Lipinski definition) is 8. The van der Waals surface area contributed by atoms with Gasteiger partial charge in [-0.3, -0.25) is 0 Å². The van der Waals surface area contributed by atoms with Crippen LogP contribution in [0.1, 0.15) is 26.6 Å². The quantitative estimate of drug-likeness (QED) is 0.252. The molecule has 8 nitrogen and oxygen atoms in total. The summed E-state index contributed by atoms with van der Waals surface area (Å²) in [5.74, 6) is 1.75. The molecule has 37 heavy (non-hydrogen) atoms. The lowest BCUT2D eigenvalue weighted by molar-refractivity contribution is -0.145. The van der Waals surface area contributed by atoms with Crippen LogP contribution < -0.4 is 14.8 Å². The molecule has 4 rings (SSSR count). The lowest BCUT2D eigenvalue weighted by Crippen LogP contribution is -2.46. The summed E-state index contributed by atoms with van der Waals surface area (Å²) in [7, 11) is 0. The number of hydrogen-bond donors (Lipinski definition) is 2. The Hall–Kier alpha value is -3.40. The van der Waals surface area contributed by atoms with Crippen LogP contribution in [0.3, 0.4) is 0 Å². The number of carbonyl (C=O) groups excluding carboxylic acids is 1. The summed E-state index contributed by atoms with van der Waals surface area (Å²) in [6.45, 7) is 6.59. The number of rotatable bonds is 13. The van der Waals surface area contributed by atoms with Crippen LogP contribution in [-0.4, -0.2) is 58.5 Å². The zero-order valence-corrected chi connectivity index (χ0v) is 22.2. The van der Waals surface area contributed by atoms with Gasteiger partial charge in [-0.25, -0.2) is 9.78 Å². The number of ether oxygens (including phenoxy) is 3. The molecule has 1 atom stereocenters. The summed E-state index contributed by atoms with van der Waals surface area (Å²) >= 11 is 1.66. The zero-order valence-electron chi connectivity index (χ0n) is 21.3. The minimum Gasteiger partial charge on any atom is -0.490 e. The molecule has 3 aromatic heterocycles. The number of aliphatic hydroxyl groups excluding tert-OH is 1. The lowest BCUT2D eigenvalue weighted by atomic mass is 10.00. The van der Waals surface area contributed by atoms with E-state index in [2.05, 4.69) is 30.2 Å². The van der Waals surface area contributed by atoms with Gasteiger partial charge in [0.2, 0.25) is 0 Å². The van der Waals surface area contributed by atoms with Crippen LogP contribution in [0.4, 0.5) is 0 Å². The third-order valence-electron chi connectivity index (χ3n) is 5.78. The second-order valence-electron chi connectivity index (χ2n) is 9.28. The molecule has 0 saturated carbocycles. The maximum atomic E-state index is 11.7. The standard InChI is InChI=1S/C28H33N3O5S/c1-4-34-27(33)19-36-24-11-7-13-31-22(24)17-29-26(31)15-28(2,3)30-16-20(32)18-35-23-10-6-5-9-21(23)25-12-8-14-37-25/h5-14,17,20,30,32H,4,15-16,18-19H2,1-3H3/t20-/m0/s1. The van der Waals surface area contributed by atoms with Gasteiger partial charge in [0, 0.05) is 35.1 Å². The number of para-hydroxylation sites is 1. The number of aliphatic hydroxyl groups is 1. The largest absolute Gasteiger partial charge is 0.490 e. The number of fused-ring (bicyclic) bond motifs is 1. The van der Waals surface area contributed by atoms with Crippen LogP contribution in [0.5, 0.6) is 11.5 Å². The lowest BCUT2D eigenvalue weighted by Gasteiger charge is -2.27. The molecule has 0 bridgehead atoms. The molecule has 4 aromatic rings. The number of benzene rings is 1. The first kappa shape index (κ1) is 26.7. The van der Waals surface area contributed by atoms with Gasteiger partial charge in [0.25, 0.3) is 0 Å². The van der Waals surface area contributed by atoms with Crippen LogP contribution in [0.2, 0.25) is 0 Å². The fourth-order valence-corrected chi connectivity index (χ4v) is 4.72. The summed E-state index contributed by atoms with van der Waals surface area (Å²) in [5.41, 5.74) is 1.45. The number of esters is 1. The monoisotopic (exact) mass is 523 g/mol. The summed E-state index contributed by atoms with van der Waals surface area (Å²) < 4.78 is 18.5. The second-order valence-corrected chi connectivity index (χ2v) is 10.2. The molecule has 1 aromatic carbocycles. The van der Waals surface area contributed by atoms with Crippen molar-refractivity contribution in [2.45, 2.75) is 38.8 Å². The number of carbonyl (C=O) groups is 1. The summed E-state index contributed by atoms with van der Waals surface area (Å²) in [6.07, 6.45) is 3.57. The Labute approximate surface area is 220 Å². The normalized spacial score (nSPS) is 12.4. The van der Waals surface area contributed by atoms with Crippen molar-refractivity contribution >= 4 is 22.8 Å². The van der Waals surface area contributed by atoms with Gasteiger partial charge in [-0.1, -0.05) is 18.2 Å². The van der Waals surface area contributed by atoms with Crippen molar-refractivity contribution in [2.24, 2.45) is 0 Å². The van der Waals surface area contributed by atoms with E-state index in [0.29, 0.717) is 25.3 Å². The molecule has 9 heteroatoms. The van der Waals surface area contributed by atoms with E-state index in [0.717, 1.165) is 27.5 Å². The van der Waals surface area contributed by atoms with E-state index in [1.807, 2.05) is 52.4 Å². The molecule has 2 N–H and O–H groups in total. The van der Waals surface area contributed by atoms with Crippen LogP contribution >= 0.6 is 11.3 Å². The van der Waals surface area contributed by atoms with Crippen molar-refractivity contribution in [2.75, 3.05) is 26.4 Å². The molecule has 0 aliphatic carbocycles. The fraction of sp³-hybridized carbons (Fsp3) is 0.357. The highest BCUT2D eigenvalue weighted by molar-refractivity contribution is 7.13. The Morgan fingerprint density at radius 1 is 1.14 bits per heavy atom. The van der Waals surface area contributed by atoms with Gasteiger partial charge >= 0.3 is 5.97 Å². The first-order valence-corrected chi connectivity index (χ1v) is 13.2. The third kappa shape index (κ3) is 7.09. The van der Waals surface area contributed by atoms with Crippen molar-refractivity contribution in [1.82, 2.24) is 14.7 Å². The topological polar surface area (TPSA) is 94.3 Å². The Balaban J connectivity index is 1.32. The average Bonchev–Trinajstić information content (AvgIpc) is 3.56. The molecular weight excluding hydrogens is 490 g/mol. The van der Waals surface area contributed by atoms with E-state index in [9.17, 15) is 9.90 Å². The molecule has 0 amide bonds. The summed E-state index contributed by atoms with van der Waals surface area (Å²) in [4.78, 5) is 17.4. The van der Waals surface area contributed by atoms with Gasteiger partial charge in [-0.15, -0.1) is 11.3 Å². The number of imidazole rings is 1. The highest BCUT2D eigenvalue weighted by Crippen LogP contribution is 2.33. The van der Waals surface area contributed by atoms with Crippen LogP contribution in [0.15, 0.2) is 66.3 Å². The molecule has 0 aliphatic heterocycles. The zero-order chi connectivity index (χ0) is 26.3. The van der Waals surface area contributed by atoms with Crippen LogP contribution in [0.25, 0.3) is 16.0 Å². The number of thiophene rings is 1. The average molecular weight is 524 g/mol. The first-order chi connectivity index (χ1) is 17.9. The van der Waals surface area contributed by atoms with E-state index < -0.39 is 12.1 Å². The summed E-state index contributed by atoms with van der Waals surface area (Å²) in [5, 5.41) is 16.1. The number of nitrogens with zero attached hydrogens (tertiary/aromatic N) is 2. The van der Waals surface area contributed by atoms with Crippen LogP contribution in [0, 0.1) is 0 Å². The molecule has 0 radical (unpaired) electrons. The number of β-amino-alcohol motifs (C(OH)–C–C–N with tert-alkyl or cyclic N) is 1. The van der Waals surface area contributed by atoms with Crippen LogP contribution in [-0.2, 0) is 16.0 Å². The van der Waals surface area contributed by atoms with Gasteiger partial charge < -0.3 is 29.0 Å². The molecule has 0 unspecified atom stereocenters. The molecule has 0 aliphatic rings. The first-order valence-electron chi connectivity index (χ1n) is 12.3. The van der Waals surface area contributed by atoms with Crippen molar-refractivity contribution in [3.05, 3.63) is 72.1 Å². The van der Waals surface area contributed by atoms with Gasteiger partial charge in [-0.05, 0) is 56.5 Å². The molecule has 196 valence electrons. The van der Waals surface area contributed by atoms with E-state index in [1.165, 1.54) is 0 Å². The van der Waals surface area contributed by atoms with E-state index in [1.54, 1.807) is 30.5 Å². The highest BCUT2D eigenvalue weighted by Gasteiger charge is 2.23. The van der Waals surface area contributed by atoms with E-state index in [-0.39, 0.29) is 18.8 Å². The van der Waals surface area contributed by atoms with Gasteiger partial charge in [-0.2, -0.15) is 0 Å². The fourth-order valence-electron chi connectivity index (χ4n) is 3.97. The maximum Gasteiger partial charge on any atom is 0.344 e. The highest BCUT2D eigenvalue weighted by atomic mass is 32.1. The SMILES string of the molecule is CCOC(=O)COc1cccn2c(CC(C)(C)NC[C@H](O)COc3ccccc3-c3cccs3)ncc12. The molecule has 3 heterocycles. The molecule has 0 spiro atoms. The van der Waals surface area contributed by atoms with Gasteiger partial charge in [0.05, 0.1) is 12.8 Å². The second kappa shape index (κ2) is 12.2. The maximum absolute atomic E-state index is 11.7. The molecular formula is C28H33N3O5S. The minimum atomic E-state index is -0.685. The Morgan fingerprint density at radius 3 is 2.73 bits per heavy atom. The number of pyridine rings is 1. The Bertz CT molecular complexity index is 1300. The predicted molar refractivity (Wildman–Crippen MR) is 144 cm³/mol. The summed E-state index contributed by atoms with van der Waals surface area (Å²) in [6, 6.07) is 15.6. The molecule has 0 fully saturated rings. The van der Waals surface area contributed by atoms with Gasteiger partial charge in [0.1, 0.15) is 35.6 Å². The van der Waals surface area contributed by atoms with E-state index >= 15 is 0 Å². The Morgan fingerprint density at radius 2 is 1.95 bits per heavy atom. The van der Waals surface area contributed by atoms with Crippen molar-refractivity contribution in [3.63, 3.8) is 0 Å². The number of nitrogens with one attached hydrogen (secondary N) is 1. The predicted octanol–water partition coefficient (Wildman–Crippen LogP) is 4.36. The van der Waals surface area contributed by atoms with Crippen molar-refractivity contribution < 1.29 is 24.1 Å². The minimum absolute atomic E-state index is 0.154. The smallest absolute Gasteiger partial charge is 0.344 e. The molecule has 0 saturated heterocycles. The van der Waals surface area contributed by atoms with Crippen molar-refractivity contribution in [1.29, 1.82) is 0 Å². The van der Waals surface area contributed by atoms with E-state index in [4.69, 9.17) is 14.2 Å². The number of aromatic nitrogens is 2.